The van der Waals surface area contributed by atoms with Gasteiger partial charge in [-0.1, -0.05) is 30.7 Å². The summed E-state index contributed by atoms with van der Waals surface area (Å²) in [5, 5.41) is 11.4. The number of allylic oxidation sites excluding steroid dienone is 1. The largest absolute Gasteiger partial charge is 0.497 e. The van der Waals surface area contributed by atoms with E-state index in [0.29, 0.717) is 19.3 Å². The third kappa shape index (κ3) is 3.87. The number of ketones is 1. The van der Waals surface area contributed by atoms with Gasteiger partial charge in [-0.05, 0) is 79.1 Å². The van der Waals surface area contributed by atoms with Crippen molar-refractivity contribution in [1.29, 1.82) is 0 Å². The topological polar surface area (TPSA) is 65.0 Å². The van der Waals surface area contributed by atoms with Crippen LogP contribution in [-0.2, 0) is 9.53 Å². The van der Waals surface area contributed by atoms with Crippen molar-refractivity contribution in [3.05, 3.63) is 65.2 Å². The van der Waals surface area contributed by atoms with Crippen LogP contribution in [0.5, 0.6) is 11.5 Å². The molecule has 5 heteroatoms. The van der Waals surface area contributed by atoms with E-state index in [1.807, 2.05) is 54.6 Å². The molecule has 1 aliphatic heterocycles. The Kier molecular flexibility index (Phi) is 5.79. The number of fused-ring (bicyclic) bond motifs is 1. The third-order valence-corrected chi connectivity index (χ3v) is 7.87. The van der Waals surface area contributed by atoms with Crippen molar-refractivity contribution in [3.63, 3.8) is 0 Å². The Morgan fingerprint density at radius 1 is 0.970 bits per heavy atom. The Bertz CT molecular complexity index is 1040. The lowest BCUT2D eigenvalue weighted by molar-refractivity contribution is -0.323. The van der Waals surface area contributed by atoms with Crippen LogP contribution in [0.25, 0.3) is 6.08 Å². The maximum atomic E-state index is 14.0. The van der Waals surface area contributed by atoms with Crippen molar-refractivity contribution >= 4 is 11.9 Å². The lowest BCUT2D eigenvalue weighted by atomic mass is 9.63. The van der Waals surface area contributed by atoms with E-state index in [4.69, 9.17) is 14.2 Å². The quantitative estimate of drug-likeness (QED) is 0.628. The average Bonchev–Trinajstić information content (AvgIpc) is 3.15. The molecule has 2 saturated carbocycles. The van der Waals surface area contributed by atoms with Gasteiger partial charge in [0, 0.05) is 12.3 Å². The number of ether oxygens (including phenoxy) is 3. The third-order valence-electron chi connectivity index (χ3n) is 7.87. The highest BCUT2D eigenvalue weighted by atomic mass is 16.6. The van der Waals surface area contributed by atoms with Crippen LogP contribution >= 0.6 is 0 Å². The van der Waals surface area contributed by atoms with Gasteiger partial charge in [-0.3, -0.25) is 4.79 Å². The molecule has 0 bridgehead atoms. The summed E-state index contributed by atoms with van der Waals surface area (Å²) < 4.78 is 17.1. The summed E-state index contributed by atoms with van der Waals surface area (Å²) in [5.74, 6) is 0.548. The maximum absolute atomic E-state index is 14.0. The molecule has 5 nitrogen and oxygen atoms in total. The van der Waals surface area contributed by atoms with Crippen molar-refractivity contribution in [2.45, 2.75) is 56.8 Å². The van der Waals surface area contributed by atoms with Crippen LogP contribution in [-0.4, -0.2) is 30.9 Å². The number of hydrogen-bond donors (Lipinski definition) is 1. The second kappa shape index (κ2) is 8.62. The van der Waals surface area contributed by atoms with Crippen molar-refractivity contribution in [3.8, 4) is 11.5 Å². The first-order valence-corrected chi connectivity index (χ1v) is 11.9. The molecular weight excluding hydrogens is 416 g/mol. The highest BCUT2D eigenvalue weighted by Crippen LogP contribution is 2.61. The molecule has 1 N–H and O–H groups in total. The van der Waals surface area contributed by atoms with Crippen LogP contribution in [0.3, 0.4) is 0 Å². The molecule has 0 aromatic heterocycles. The molecule has 5 rings (SSSR count). The first-order valence-electron chi connectivity index (χ1n) is 11.9. The number of carbonyl (C=O) groups excluding carboxylic acids is 1. The van der Waals surface area contributed by atoms with E-state index in [2.05, 4.69) is 0 Å². The Hall–Kier alpha value is -2.63. The highest BCUT2D eigenvalue weighted by molar-refractivity contribution is 6.06. The Labute approximate surface area is 195 Å². The van der Waals surface area contributed by atoms with Crippen molar-refractivity contribution in [2.24, 2.45) is 11.3 Å². The lowest BCUT2D eigenvalue weighted by Crippen LogP contribution is -2.55. The predicted octanol–water partition coefficient (Wildman–Crippen LogP) is 5.48. The van der Waals surface area contributed by atoms with Crippen LogP contribution in [0.4, 0.5) is 0 Å². The van der Waals surface area contributed by atoms with Crippen LogP contribution in [0, 0.1) is 11.3 Å². The van der Waals surface area contributed by atoms with Gasteiger partial charge in [0.05, 0.1) is 25.7 Å². The van der Waals surface area contributed by atoms with Gasteiger partial charge in [0.1, 0.15) is 11.5 Å². The monoisotopic (exact) mass is 448 g/mol. The molecule has 3 fully saturated rings. The average molecular weight is 449 g/mol. The predicted molar refractivity (Wildman–Crippen MR) is 126 cm³/mol. The first-order chi connectivity index (χ1) is 16.0. The molecule has 0 radical (unpaired) electrons. The summed E-state index contributed by atoms with van der Waals surface area (Å²) in [6, 6.07) is 15.5. The van der Waals surface area contributed by atoms with Crippen molar-refractivity contribution in [1.82, 2.24) is 0 Å². The molecule has 2 aromatic carbocycles. The summed E-state index contributed by atoms with van der Waals surface area (Å²) in [6.45, 7) is 0. The maximum Gasteiger partial charge on any atom is 0.169 e. The Balaban J connectivity index is 1.52. The zero-order valence-corrected chi connectivity index (χ0v) is 19.4. The normalized spacial score (nSPS) is 32.7. The van der Waals surface area contributed by atoms with Crippen molar-refractivity contribution < 1.29 is 24.1 Å². The van der Waals surface area contributed by atoms with Gasteiger partial charge in [-0.15, -0.1) is 0 Å². The fourth-order valence-corrected chi connectivity index (χ4v) is 6.03. The molecule has 1 saturated heterocycles. The molecule has 0 amide bonds. The van der Waals surface area contributed by atoms with Gasteiger partial charge in [-0.2, -0.15) is 0 Å². The summed E-state index contributed by atoms with van der Waals surface area (Å²) in [5.41, 5.74) is 2.10. The Morgan fingerprint density at radius 2 is 1.64 bits per heavy atom. The molecule has 1 spiro atoms. The van der Waals surface area contributed by atoms with E-state index in [9.17, 15) is 9.90 Å². The summed E-state index contributed by atoms with van der Waals surface area (Å²) in [7, 11) is 3.28. The van der Waals surface area contributed by atoms with Gasteiger partial charge in [0.15, 0.2) is 11.6 Å². The zero-order chi connectivity index (χ0) is 23.1. The van der Waals surface area contributed by atoms with E-state index in [1.54, 1.807) is 14.2 Å². The molecule has 0 unspecified atom stereocenters. The van der Waals surface area contributed by atoms with Crippen LogP contribution in [0.15, 0.2) is 54.1 Å². The summed E-state index contributed by atoms with van der Waals surface area (Å²) in [6.07, 6.45) is 7.19. The second-order valence-corrected chi connectivity index (χ2v) is 9.69. The minimum atomic E-state index is -1.16. The summed E-state index contributed by atoms with van der Waals surface area (Å²) >= 11 is 0. The van der Waals surface area contributed by atoms with Gasteiger partial charge in [0.25, 0.3) is 0 Å². The number of aliphatic hydroxyl groups is 1. The molecule has 2 aliphatic carbocycles. The molecule has 33 heavy (non-hydrogen) atoms. The lowest BCUT2D eigenvalue weighted by Gasteiger charge is -2.53. The number of benzene rings is 2. The number of Topliss-reactive ketones (excluding diaryl/α,β-unsaturated/α-hetero) is 1. The number of carbonyl (C=O) groups is 1. The number of hydrogen-bond acceptors (Lipinski definition) is 5. The second-order valence-electron chi connectivity index (χ2n) is 9.69. The SMILES string of the molecule is COc1ccc(/C=C2\CC[C@]3(C[C@@H]4CCCC[C@]4(O)O[C@@H]3c3ccc(OC)cc3)C2=O)cc1. The van der Waals surface area contributed by atoms with E-state index >= 15 is 0 Å². The van der Waals surface area contributed by atoms with E-state index < -0.39 is 17.3 Å². The Morgan fingerprint density at radius 3 is 2.30 bits per heavy atom. The van der Waals surface area contributed by atoms with Crippen LogP contribution in [0.2, 0.25) is 0 Å². The first kappa shape index (κ1) is 22.2. The van der Waals surface area contributed by atoms with E-state index in [1.165, 1.54) is 0 Å². The minimum Gasteiger partial charge on any atom is -0.497 e. The van der Waals surface area contributed by atoms with E-state index in [0.717, 1.165) is 53.9 Å². The van der Waals surface area contributed by atoms with Gasteiger partial charge >= 0.3 is 0 Å². The number of methoxy groups -OCH3 is 2. The fourth-order valence-electron chi connectivity index (χ4n) is 6.03. The molecule has 174 valence electrons. The summed E-state index contributed by atoms with van der Waals surface area (Å²) in [4.78, 5) is 14.0. The zero-order valence-electron chi connectivity index (χ0n) is 19.4. The smallest absolute Gasteiger partial charge is 0.169 e. The van der Waals surface area contributed by atoms with Crippen LogP contribution < -0.4 is 9.47 Å². The van der Waals surface area contributed by atoms with Crippen molar-refractivity contribution in [2.75, 3.05) is 14.2 Å². The molecule has 3 aliphatic rings. The highest BCUT2D eigenvalue weighted by Gasteiger charge is 2.61. The van der Waals surface area contributed by atoms with Gasteiger partial charge < -0.3 is 19.3 Å². The molecular formula is C28H32O5. The number of rotatable bonds is 4. The standard InChI is InChI=1S/C28H32O5/c1-31-23-10-6-19(7-11-23)17-21-14-16-27(25(21)29)18-22-5-3-4-15-28(22,30)33-26(27)20-8-12-24(32-2)13-9-20/h6-13,17,22,26,30H,3-5,14-16,18H2,1-2H3/b21-17+/t22-,26+,27-,28-/m0/s1. The van der Waals surface area contributed by atoms with Gasteiger partial charge in [0.2, 0.25) is 0 Å². The molecule has 4 atom stereocenters. The molecule has 2 aromatic rings. The molecule has 1 heterocycles. The van der Waals surface area contributed by atoms with Gasteiger partial charge in [-0.25, -0.2) is 0 Å². The minimum absolute atomic E-state index is 0.00923. The van der Waals surface area contributed by atoms with Crippen LogP contribution in [0.1, 0.15) is 62.2 Å². The fraction of sp³-hybridized carbons (Fsp3) is 0.464. The van der Waals surface area contributed by atoms with E-state index in [-0.39, 0.29) is 11.7 Å².